The molecular weight excluding hydrogens is 173 g/mol. The summed E-state index contributed by atoms with van der Waals surface area (Å²) in [7, 11) is 2.02. The number of amides is 1. The van der Waals surface area contributed by atoms with E-state index in [0.717, 1.165) is 0 Å². The van der Waals surface area contributed by atoms with Crippen molar-refractivity contribution in [1.82, 2.24) is 5.32 Å². The van der Waals surface area contributed by atoms with Crippen LogP contribution in [0.5, 0.6) is 0 Å². The van der Waals surface area contributed by atoms with Crippen LogP contribution in [0.3, 0.4) is 0 Å². The van der Waals surface area contributed by atoms with Crippen molar-refractivity contribution in [1.29, 1.82) is 0 Å². The molecule has 1 atom stereocenters. The second-order valence-corrected chi connectivity index (χ2v) is 4.62. The number of rotatable bonds is 3. The zero-order chi connectivity index (χ0) is 9.78. The summed E-state index contributed by atoms with van der Waals surface area (Å²) in [5.74, 6) is -0.0710. The molecule has 0 aliphatic rings. The Labute approximate surface area is 75.5 Å². The number of hydrogen-bond donors (Lipinski definition) is 1. The average Bonchev–Trinajstić information content (AvgIpc) is 1.79. The first-order valence-corrected chi connectivity index (χ1v) is 4.44. The van der Waals surface area contributed by atoms with Crippen LogP contribution in [0.15, 0.2) is 0 Å². The number of nitrogens with one attached hydrogen (secondary N) is 1. The Kier molecular flexibility index (Phi) is 4.40. The minimum Gasteiger partial charge on any atom is -0.349 e. The molecule has 1 N–H and O–H groups in total. The smallest absolute Gasteiger partial charge is 0.220 e. The first kappa shape index (κ1) is 11.6. The van der Waals surface area contributed by atoms with Crippen LogP contribution in [0.2, 0.25) is 0 Å². The summed E-state index contributed by atoms with van der Waals surface area (Å²) in [5.41, 5.74) is -0.120. The van der Waals surface area contributed by atoms with Crippen LogP contribution in [-0.2, 0) is 9.59 Å². The Bertz CT molecular complexity index is 184. The summed E-state index contributed by atoms with van der Waals surface area (Å²) >= 11 is 0. The fourth-order valence-electron chi connectivity index (χ4n) is 0.730. The molecule has 4 heteroatoms. The lowest BCUT2D eigenvalue weighted by molar-refractivity contribution is -0.124. The van der Waals surface area contributed by atoms with Crippen molar-refractivity contribution in [2.24, 2.45) is 5.41 Å². The van der Waals surface area contributed by atoms with Crippen LogP contribution >= 0.6 is 9.24 Å². The van der Waals surface area contributed by atoms with E-state index in [9.17, 15) is 9.59 Å². The first-order chi connectivity index (χ1) is 5.31. The van der Waals surface area contributed by atoms with E-state index in [1.807, 2.05) is 30.0 Å². The topological polar surface area (TPSA) is 46.2 Å². The number of hydrogen-bond acceptors (Lipinski definition) is 2. The molecule has 0 aliphatic carbocycles. The third kappa shape index (κ3) is 7.67. The molecule has 0 spiro atoms. The van der Waals surface area contributed by atoms with Gasteiger partial charge >= 0.3 is 0 Å². The molecule has 0 saturated carbocycles. The summed E-state index contributed by atoms with van der Waals surface area (Å²) in [6.07, 6.45) is 0.449. The van der Waals surface area contributed by atoms with Gasteiger partial charge in [0.05, 0.1) is 6.54 Å². The molecule has 12 heavy (non-hydrogen) atoms. The molecule has 0 aromatic rings. The molecule has 0 heterocycles. The van der Waals surface area contributed by atoms with Crippen molar-refractivity contribution < 1.29 is 9.59 Å². The summed E-state index contributed by atoms with van der Waals surface area (Å²) < 4.78 is 0. The number of carbonyl (C=O) groups excluding carboxylic acids is 2. The maximum absolute atomic E-state index is 11.1. The van der Waals surface area contributed by atoms with Gasteiger partial charge in [-0.15, -0.1) is 0 Å². The lowest BCUT2D eigenvalue weighted by atomic mass is 9.92. The van der Waals surface area contributed by atoms with E-state index in [1.54, 1.807) is 0 Å². The summed E-state index contributed by atoms with van der Waals surface area (Å²) in [4.78, 5) is 21.6. The number of carbonyl (C=O) groups is 2. The third-order valence-electron chi connectivity index (χ3n) is 1.15. The lowest BCUT2D eigenvalue weighted by Crippen LogP contribution is -2.30. The van der Waals surface area contributed by atoms with Crippen LogP contribution in [0, 0.1) is 5.41 Å². The molecule has 1 amide bonds. The van der Waals surface area contributed by atoms with Crippen LogP contribution in [0.25, 0.3) is 0 Å². The molecule has 0 aliphatic heterocycles. The molecule has 0 fully saturated rings. The van der Waals surface area contributed by atoms with Crippen LogP contribution < -0.4 is 5.32 Å². The molecule has 0 saturated heterocycles. The van der Waals surface area contributed by atoms with Gasteiger partial charge in [-0.25, -0.2) is 0 Å². The molecule has 0 aromatic carbocycles. The Hall–Kier alpha value is -0.430. The molecular formula is C8H16NO2P. The van der Waals surface area contributed by atoms with Gasteiger partial charge in [-0.2, -0.15) is 0 Å². The van der Waals surface area contributed by atoms with Gasteiger partial charge in [0.2, 0.25) is 5.91 Å². The zero-order valence-corrected chi connectivity index (χ0v) is 8.96. The normalized spacial score (nSPS) is 11.0. The zero-order valence-electron chi connectivity index (χ0n) is 7.81. The second kappa shape index (κ2) is 4.56. The maximum atomic E-state index is 11.1. The monoisotopic (exact) mass is 189 g/mol. The van der Waals surface area contributed by atoms with Crippen LogP contribution in [0.4, 0.5) is 0 Å². The van der Waals surface area contributed by atoms with Crippen molar-refractivity contribution in [2.45, 2.75) is 27.2 Å². The molecule has 0 aromatic heterocycles. The first-order valence-electron chi connectivity index (χ1n) is 3.86. The molecule has 0 bridgehead atoms. The highest BCUT2D eigenvalue weighted by Gasteiger charge is 2.15. The molecule has 0 rings (SSSR count). The van der Waals surface area contributed by atoms with Crippen molar-refractivity contribution in [2.75, 3.05) is 6.54 Å². The largest absolute Gasteiger partial charge is 0.349 e. The van der Waals surface area contributed by atoms with E-state index in [-0.39, 0.29) is 23.4 Å². The highest BCUT2D eigenvalue weighted by molar-refractivity contribution is 7.40. The van der Waals surface area contributed by atoms with E-state index in [1.165, 1.54) is 0 Å². The molecule has 0 radical (unpaired) electrons. The summed E-state index contributed by atoms with van der Waals surface area (Å²) in [6.45, 7) is 6.05. The van der Waals surface area contributed by atoms with Gasteiger partial charge < -0.3 is 5.32 Å². The quantitative estimate of drug-likeness (QED) is 0.671. The molecule has 70 valence electrons. The van der Waals surface area contributed by atoms with E-state index in [4.69, 9.17) is 0 Å². The predicted octanol–water partition coefficient (Wildman–Crippen LogP) is 0.940. The van der Waals surface area contributed by atoms with Crippen LogP contribution in [0.1, 0.15) is 27.2 Å². The minimum absolute atomic E-state index is 0.0198. The van der Waals surface area contributed by atoms with Gasteiger partial charge in [-0.3, -0.25) is 9.59 Å². The van der Waals surface area contributed by atoms with Crippen molar-refractivity contribution in [3.05, 3.63) is 0 Å². The Morgan fingerprint density at radius 1 is 1.33 bits per heavy atom. The van der Waals surface area contributed by atoms with Gasteiger partial charge in [0.15, 0.2) is 5.52 Å². The van der Waals surface area contributed by atoms with Crippen molar-refractivity contribution >= 4 is 20.7 Å². The average molecular weight is 189 g/mol. The standard InChI is InChI=1S/C8H16NO2P/c1-8(2,3)4-6(10)9-5-7(11)12/h4-5,12H2,1-3H3,(H,9,10). The third-order valence-corrected chi connectivity index (χ3v) is 1.35. The minimum atomic E-state index is -0.0998. The van der Waals surface area contributed by atoms with E-state index in [0.29, 0.717) is 6.42 Å². The maximum Gasteiger partial charge on any atom is 0.220 e. The fourth-order valence-corrected chi connectivity index (χ4v) is 0.832. The SMILES string of the molecule is CC(C)(C)CC(=O)NCC(=O)P. The van der Waals surface area contributed by atoms with Crippen molar-refractivity contribution in [3.63, 3.8) is 0 Å². The van der Waals surface area contributed by atoms with Crippen LogP contribution in [-0.4, -0.2) is 18.0 Å². The van der Waals surface area contributed by atoms with Gasteiger partial charge in [-0.1, -0.05) is 30.0 Å². The van der Waals surface area contributed by atoms with Gasteiger partial charge in [0, 0.05) is 6.42 Å². The summed E-state index contributed by atoms with van der Waals surface area (Å²) in [6, 6.07) is 0. The lowest BCUT2D eigenvalue weighted by Gasteiger charge is -2.16. The highest BCUT2D eigenvalue weighted by Crippen LogP contribution is 2.17. The van der Waals surface area contributed by atoms with E-state index >= 15 is 0 Å². The highest BCUT2D eigenvalue weighted by atomic mass is 31.0. The Morgan fingerprint density at radius 3 is 2.17 bits per heavy atom. The molecule has 1 unspecified atom stereocenters. The van der Waals surface area contributed by atoms with E-state index < -0.39 is 0 Å². The second-order valence-electron chi connectivity index (χ2n) is 3.98. The Morgan fingerprint density at radius 2 is 1.83 bits per heavy atom. The fraction of sp³-hybridized carbons (Fsp3) is 0.750. The molecule has 3 nitrogen and oxygen atoms in total. The van der Waals surface area contributed by atoms with Crippen molar-refractivity contribution in [3.8, 4) is 0 Å². The summed E-state index contributed by atoms with van der Waals surface area (Å²) in [5, 5.41) is 2.53. The Balaban J connectivity index is 3.68. The predicted molar refractivity (Wildman–Crippen MR) is 51.8 cm³/mol. The van der Waals surface area contributed by atoms with Gasteiger partial charge in [0.1, 0.15) is 0 Å². The van der Waals surface area contributed by atoms with Gasteiger partial charge in [-0.05, 0) is 5.41 Å². The van der Waals surface area contributed by atoms with E-state index in [2.05, 4.69) is 5.32 Å². The van der Waals surface area contributed by atoms with Gasteiger partial charge in [0.25, 0.3) is 0 Å².